The van der Waals surface area contributed by atoms with E-state index in [2.05, 4.69) is 10.3 Å². The van der Waals surface area contributed by atoms with Gasteiger partial charge < -0.3 is 14.8 Å². The Kier molecular flexibility index (Phi) is 7.54. The maximum atomic E-state index is 14.8. The SMILES string of the molecule is CCOc1ccc2c(n1)CCN(C(=O)OC(C)(C)C)[C@@H]2C(=O)Nc1cc(F)c([Si](C)(C)C)c(F)c1. The fraction of sp³-hybridized carbons (Fsp3) is 0.480. The topological polar surface area (TPSA) is 80.8 Å². The van der Waals surface area contributed by atoms with Gasteiger partial charge in [0.2, 0.25) is 5.88 Å². The van der Waals surface area contributed by atoms with Crippen LogP contribution in [-0.2, 0) is 16.0 Å². The first-order chi connectivity index (χ1) is 16.2. The highest BCUT2D eigenvalue weighted by molar-refractivity contribution is 6.88. The van der Waals surface area contributed by atoms with E-state index in [0.29, 0.717) is 30.2 Å². The molecule has 10 heteroatoms. The Morgan fingerprint density at radius 3 is 2.34 bits per heavy atom. The van der Waals surface area contributed by atoms with Crippen molar-refractivity contribution in [3.05, 3.63) is 47.2 Å². The molecule has 2 aromatic rings. The number of nitrogens with zero attached hydrogens (tertiary/aromatic N) is 2. The third-order valence-electron chi connectivity index (χ3n) is 5.41. The molecular weight excluding hydrogens is 472 g/mol. The van der Waals surface area contributed by atoms with Gasteiger partial charge in [-0.05, 0) is 45.9 Å². The van der Waals surface area contributed by atoms with E-state index in [1.807, 2.05) is 26.6 Å². The van der Waals surface area contributed by atoms with Gasteiger partial charge in [-0.1, -0.05) is 19.6 Å². The predicted molar refractivity (Wildman–Crippen MR) is 133 cm³/mol. The summed E-state index contributed by atoms with van der Waals surface area (Å²) in [5, 5.41) is 2.66. The molecule has 0 fully saturated rings. The summed E-state index contributed by atoms with van der Waals surface area (Å²) < 4.78 is 40.6. The predicted octanol–water partition coefficient (Wildman–Crippen LogP) is 4.78. The number of carbonyl (C=O) groups excluding carboxylic acids is 2. The Morgan fingerprint density at radius 2 is 1.80 bits per heavy atom. The molecule has 7 nitrogen and oxygen atoms in total. The molecule has 1 aliphatic heterocycles. The van der Waals surface area contributed by atoms with Crippen LogP contribution >= 0.6 is 0 Å². The second-order valence-corrected chi connectivity index (χ2v) is 15.5. The van der Waals surface area contributed by atoms with E-state index < -0.39 is 43.4 Å². The number of ether oxygens (including phenoxy) is 2. The molecule has 1 atom stereocenters. The van der Waals surface area contributed by atoms with Crippen LogP contribution in [0.3, 0.4) is 0 Å². The van der Waals surface area contributed by atoms with Crippen LogP contribution in [0.25, 0.3) is 0 Å². The summed E-state index contributed by atoms with van der Waals surface area (Å²) in [6, 6.07) is 4.45. The number of hydrogen-bond acceptors (Lipinski definition) is 5. The summed E-state index contributed by atoms with van der Waals surface area (Å²) in [5.41, 5.74) is 0.321. The zero-order valence-corrected chi connectivity index (χ0v) is 22.3. The largest absolute Gasteiger partial charge is 0.478 e. The molecule has 0 aliphatic carbocycles. The molecule has 1 aliphatic rings. The third-order valence-corrected chi connectivity index (χ3v) is 7.39. The summed E-state index contributed by atoms with van der Waals surface area (Å²) in [5.74, 6) is -1.60. The number of benzene rings is 1. The standard InChI is InChI=1S/C25H33F2N3O4Si/c1-8-33-20-10-9-16-19(29-20)11-12-30(24(32)34-25(2,3)4)21(16)23(31)28-15-13-17(26)22(18(27)14-15)35(5,6)7/h9-10,13-14,21H,8,11-12H2,1-7H3,(H,28,31)/t21-/m0/s1. The third kappa shape index (κ3) is 6.16. The van der Waals surface area contributed by atoms with Gasteiger partial charge >= 0.3 is 6.09 Å². The first-order valence-corrected chi connectivity index (χ1v) is 15.1. The monoisotopic (exact) mass is 505 g/mol. The zero-order valence-electron chi connectivity index (χ0n) is 21.3. The van der Waals surface area contributed by atoms with Crippen LogP contribution in [0.4, 0.5) is 19.3 Å². The van der Waals surface area contributed by atoms with Gasteiger partial charge in [0.05, 0.1) is 20.4 Å². The van der Waals surface area contributed by atoms with Gasteiger partial charge in [-0.2, -0.15) is 0 Å². The van der Waals surface area contributed by atoms with Crippen LogP contribution in [0.1, 0.15) is 45.0 Å². The van der Waals surface area contributed by atoms with Gasteiger partial charge in [0.25, 0.3) is 5.91 Å². The lowest BCUT2D eigenvalue weighted by Gasteiger charge is -2.36. The van der Waals surface area contributed by atoms with Crippen molar-refractivity contribution in [2.24, 2.45) is 0 Å². The molecule has 1 N–H and O–H groups in total. The number of fused-ring (bicyclic) bond motifs is 1. The van der Waals surface area contributed by atoms with Crippen LogP contribution in [0, 0.1) is 11.6 Å². The second-order valence-electron chi connectivity index (χ2n) is 10.5. The fourth-order valence-electron chi connectivity index (χ4n) is 4.07. The molecule has 35 heavy (non-hydrogen) atoms. The van der Waals surface area contributed by atoms with Crippen LogP contribution in [0.2, 0.25) is 19.6 Å². The lowest BCUT2D eigenvalue weighted by Crippen LogP contribution is -2.47. The van der Waals surface area contributed by atoms with Crippen molar-refractivity contribution >= 4 is 30.9 Å². The summed E-state index contributed by atoms with van der Waals surface area (Å²) in [6.45, 7) is 13.2. The minimum Gasteiger partial charge on any atom is -0.478 e. The number of hydrogen-bond donors (Lipinski definition) is 1. The smallest absolute Gasteiger partial charge is 0.411 e. The number of amides is 2. The van der Waals surface area contributed by atoms with Crippen LogP contribution in [0.15, 0.2) is 24.3 Å². The molecule has 190 valence electrons. The molecule has 1 aromatic heterocycles. The van der Waals surface area contributed by atoms with Gasteiger partial charge in [0.1, 0.15) is 23.3 Å². The van der Waals surface area contributed by atoms with E-state index in [9.17, 15) is 18.4 Å². The Labute approximate surface area is 205 Å². The number of pyridine rings is 1. The Bertz CT molecular complexity index is 1110. The van der Waals surface area contributed by atoms with Gasteiger partial charge in [0.15, 0.2) is 0 Å². The minimum absolute atomic E-state index is 0.0258. The number of carbonyl (C=O) groups is 2. The number of nitrogens with one attached hydrogen (secondary N) is 1. The highest BCUT2D eigenvalue weighted by Gasteiger charge is 2.39. The second kappa shape index (κ2) is 9.92. The average Bonchev–Trinajstić information content (AvgIpc) is 2.70. The molecule has 0 unspecified atom stereocenters. The normalized spacial score (nSPS) is 15.9. The van der Waals surface area contributed by atoms with E-state index in [1.165, 1.54) is 4.90 Å². The fourth-order valence-corrected chi connectivity index (χ4v) is 5.64. The minimum atomic E-state index is -2.28. The molecule has 2 amide bonds. The molecule has 0 bridgehead atoms. The first-order valence-electron chi connectivity index (χ1n) is 11.6. The van der Waals surface area contributed by atoms with Gasteiger partial charge in [-0.3, -0.25) is 9.69 Å². The molecule has 3 rings (SSSR count). The highest BCUT2D eigenvalue weighted by Crippen LogP contribution is 2.33. The van der Waals surface area contributed by atoms with Crippen molar-refractivity contribution in [1.29, 1.82) is 0 Å². The van der Waals surface area contributed by atoms with Gasteiger partial charge in [0, 0.05) is 35.5 Å². The molecule has 0 saturated heterocycles. The van der Waals surface area contributed by atoms with Crippen molar-refractivity contribution in [2.75, 3.05) is 18.5 Å². The van der Waals surface area contributed by atoms with Gasteiger partial charge in [-0.25, -0.2) is 18.6 Å². The van der Waals surface area contributed by atoms with E-state index in [-0.39, 0.29) is 17.4 Å². The van der Waals surface area contributed by atoms with Gasteiger partial charge in [-0.15, -0.1) is 0 Å². The quantitative estimate of drug-likeness (QED) is 0.592. The van der Waals surface area contributed by atoms with Crippen molar-refractivity contribution in [3.63, 3.8) is 0 Å². The Balaban J connectivity index is 1.99. The molecule has 0 radical (unpaired) electrons. The number of rotatable bonds is 5. The van der Waals surface area contributed by atoms with Crippen LogP contribution in [-0.4, -0.2) is 48.7 Å². The average molecular weight is 506 g/mol. The molecule has 2 heterocycles. The lowest BCUT2D eigenvalue weighted by atomic mass is 9.96. The summed E-state index contributed by atoms with van der Waals surface area (Å²) in [7, 11) is -2.28. The molecular formula is C25H33F2N3O4Si. The van der Waals surface area contributed by atoms with E-state index in [1.54, 1.807) is 32.9 Å². The maximum Gasteiger partial charge on any atom is 0.411 e. The lowest BCUT2D eigenvalue weighted by molar-refractivity contribution is -0.122. The molecule has 1 aromatic carbocycles. The number of aromatic nitrogens is 1. The Morgan fingerprint density at radius 1 is 1.17 bits per heavy atom. The van der Waals surface area contributed by atoms with Crippen molar-refractivity contribution in [2.45, 2.75) is 65.4 Å². The summed E-state index contributed by atoms with van der Waals surface area (Å²) in [4.78, 5) is 32.3. The van der Waals surface area contributed by atoms with Crippen molar-refractivity contribution in [3.8, 4) is 5.88 Å². The number of halogens is 2. The molecule has 0 saturated carbocycles. The Hall–Kier alpha value is -3.01. The molecule has 0 spiro atoms. The first kappa shape index (κ1) is 26.6. The van der Waals surface area contributed by atoms with Crippen LogP contribution in [0.5, 0.6) is 5.88 Å². The van der Waals surface area contributed by atoms with E-state index in [4.69, 9.17) is 9.47 Å². The maximum absolute atomic E-state index is 14.8. The van der Waals surface area contributed by atoms with Crippen molar-refractivity contribution < 1.29 is 27.8 Å². The zero-order chi connectivity index (χ0) is 26.1. The van der Waals surface area contributed by atoms with E-state index >= 15 is 0 Å². The summed E-state index contributed by atoms with van der Waals surface area (Å²) >= 11 is 0. The van der Waals surface area contributed by atoms with Crippen LogP contribution < -0.4 is 15.2 Å². The van der Waals surface area contributed by atoms with Crippen molar-refractivity contribution in [1.82, 2.24) is 9.88 Å². The van der Waals surface area contributed by atoms with E-state index in [0.717, 1.165) is 12.1 Å². The summed E-state index contributed by atoms with van der Waals surface area (Å²) in [6.07, 6.45) is -0.267. The highest BCUT2D eigenvalue weighted by atomic mass is 28.3. The number of anilines is 1.